The normalized spacial score (nSPS) is 10.3. The van der Waals surface area contributed by atoms with E-state index in [1.807, 2.05) is 0 Å². The summed E-state index contributed by atoms with van der Waals surface area (Å²) in [5.74, 6) is 0.393. The SMILES string of the molecule is CCCCC(=O)CCCCCC[O]. The Balaban J connectivity index is 3.08. The lowest BCUT2D eigenvalue weighted by molar-refractivity contribution is -0.119. The third-order valence-corrected chi connectivity index (χ3v) is 2.16. The summed E-state index contributed by atoms with van der Waals surface area (Å²) in [5, 5.41) is 10.1. The van der Waals surface area contributed by atoms with E-state index in [1.165, 1.54) is 0 Å². The molecule has 0 aromatic rings. The second kappa shape index (κ2) is 9.72. The molecule has 0 heterocycles. The Kier molecular flexibility index (Phi) is 9.44. The second-order valence-electron chi connectivity index (χ2n) is 3.51. The average Bonchev–Trinajstić information content (AvgIpc) is 2.14. The molecule has 0 aromatic heterocycles. The lowest BCUT2D eigenvalue weighted by atomic mass is 10.1. The Bertz CT molecular complexity index is 121. The van der Waals surface area contributed by atoms with Crippen LogP contribution in [0.5, 0.6) is 0 Å². The van der Waals surface area contributed by atoms with Crippen molar-refractivity contribution in [3.05, 3.63) is 0 Å². The van der Waals surface area contributed by atoms with E-state index in [0.29, 0.717) is 5.78 Å². The van der Waals surface area contributed by atoms with Crippen LogP contribution in [-0.4, -0.2) is 12.4 Å². The Morgan fingerprint density at radius 1 is 0.923 bits per heavy atom. The molecule has 0 rings (SSSR count). The van der Waals surface area contributed by atoms with E-state index in [9.17, 15) is 9.90 Å². The molecule has 2 nitrogen and oxygen atoms in total. The molecule has 0 fully saturated rings. The first-order chi connectivity index (χ1) is 6.31. The number of Topliss-reactive ketones (excluding diaryl/α,β-unsaturated/α-hetero) is 1. The molecule has 0 saturated carbocycles. The van der Waals surface area contributed by atoms with Gasteiger partial charge in [-0.05, 0) is 19.3 Å². The lowest BCUT2D eigenvalue weighted by Crippen LogP contribution is -1.97. The third kappa shape index (κ3) is 9.54. The van der Waals surface area contributed by atoms with Gasteiger partial charge in [0.2, 0.25) is 0 Å². The molecular formula is C11H21O2. The molecule has 2 heteroatoms. The van der Waals surface area contributed by atoms with Crippen LogP contribution in [-0.2, 0) is 9.90 Å². The number of hydrogen-bond donors (Lipinski definition) is 0. The minimum absolute atomic E-state index is 0.0315. The van der Waals surface area contributed by atoms with Crippen molar-refractivity contribution in [3.8, 4) is 0 Å². The van der Waals surface area contributed by atoms with E-state index in [4.69, 9.17) is 0 Å². The number of rotatable bonds is 9. The molecule has 0 aromatic carbocycles. The number of ketones is 1. The predicted molar refractivity (Wildman–Crippen MR) is 53.2 cm³/mol. The zero-order valence-corrected chi connectivity index (χ0v) is 8.68. The third-order valence-electron chi connectivity index (χ3n) is 2.16. The fourth-order valence-corrected chi connectivity index (χ4v) is 1.28. The zero-order chi connectivity index (χ0) is 9.94. The molecular weight excluding hydrogens is 164 g/mol. The van der Waals surface area contributed by atoms with Crippen LogP contribution >= 0.6 is 0 Å². The first-order valence-corrected chi connectivity index (χ1v) is 5.41. The summed E-state index contributed by atoms with van der Waals surface area (Å²) in [5.41, 5.74) is 0. The number of hydrogen-bond acceptors (Lipinski definition) is 1. The van der Waals surface area contributed by atoms with Gasteiger partial charge >= 0.3 is 0 Å². The summed E-state index contributed by atoms with van der Waals surface area (Å²) in [4.78, 5) is 11.2. The van der Waals surface area contributed by atoms with E-state index in [2.05, 4.69) is 6.92 Å². The quantitative estimate of drug-likeness (QED) is 0.508. The zero-order valence-electron chi connectivity index (χ0n) is 8.68. The van der Waals surface area contributed by atoms with Crippen LogP contribution in [0.4, 0.5) is 0 Å². The minimum Gasteiger partial charge on any atom is -0.300 e. The fraction of sp³-hybridized carbons (Fsp3) is 0.909. The van der Waals surface area contributed by atoms with Gasteiger partial charge in [-0.2, -0.15) is 0 Å². The van der Waals surface area contributed by atoms with Crippen LogP contribution in [0.1, 0.15) is 58.3 Å². The van der Waals surface area contributed by atoms with Gasteiger partial charge in [-0.15, -0.1) is 0 Å². The number of carbonyl (C=O) groups is 1. The van der Waals surface area contributed by atoms with E-state index >= 15 is 0 Å². The molecule has 0 bridgehead atoms. The minimum atomic E-state index is 0.0315. The van der Waals surface area contributed by atoms with E-state index < -0.39 is 0 Å². The maximum absolute atomic E-state index is 11.2. The van der Waals surface area contributed by atoms with Crippen molar-refractivity contribution < 1.29 is 9.90 Å². The van der Waals surface area contributed by atoms with Crippen molar-refractivity contribution in [1.29, 1.82) is 0 Å². The molecule has 1 radical (unpaired) electrons. The molecule has 0 spiro atoms. The van der Waals surface area contributed by atoms with Gasteiger partial charge in [0.05, 0.1) is 6.61 Å². The summed E-state index contributed by atoms with van der Waals surface area (Å²) in [7, 11) is 0. The molecule has 13 heavy (non-hydrogen) atoms. The van der Waals surface area contributed by atoms with Crippen LogP contribution in [0.3, 0.4) is 0 Å². The molecule has 0 N–H and O–H groups in total. The molecule has 0 amide bonds. The average molecular weight is 185 g/mol. The Morgan fingerprint density at radius 2 is 1.54 bits per heavy atom. The van der Waals surface area contributed by atoms with E-state index in [0.717, 1.165) is 51.4 Å². The van der Waals surface area contributed by atoms with Crippen LogP contribution in [0.25, 0.3) is 0 Å². The molecule has 0 atom stereocenters. The maximum Gasteiger partial charge on any atom is 0.132 e. The van der Waals surface area contributed by atoms with Crippen molar-refractivity contribution >= 4 is 5.78 Å². The standard InChI is InChI=1S/C11H21O2/c1-2-3-8-11(13)9-6-4-5-7-10-12/h2-10H2,1H3. The highest BCUT2D eigenvalue weighted by molar-refractivity contribution is 5.78. The topological polar surface area (TPSA) is 37.0 Å². The summed E-state index contributed by atoms with van der Waals surface area (Å²) in [6, 6.07) is 0. The first-order valence-electron chi connectivity index (χ1n) is 5.41. The van der Waals surface area contributed by atoms with Crippen LogP contribution in [0.15, 0.2) is 0 Å². The highest BCUT2D eigenvalue weighted by atomic mass is 16.2. The van der Waals surface area contributed by atoms with Gasteiger partial charge in [0.15, 0.2) is 0 Å². The van der Waals surface area contributed by atoms with Crippen molar-refractivity contribution in [1.82, 2.24) is 0 Å². The van der Waals surface area contributed by atoms with E-state index in [-0.39, 0.29) is 6.61 Å². The van der Waals surface area contributed by atoms with Gasteiger partial charge in [-0.3, -0.25) is 4.79 Å². The Hall–Kier alpha value is -0.370. The van der Waals surface area contributed by atoms with Crippen LogP contribution in [0, 0.1) is 0 Å². The summed E-state index contributed by atoms with van der Waals surface area (Å²) in [6.45, 7) is 2.13. The van der Waals surface area contributed by atoms with Crippen LogP contribution < -0.4 is 0 Å². The summed E-state index contributed by atoms with van der Waals surface area (Å²) in [6.07, 6.45) is 7.37. The van der Waals surface area contributed by atoms with Gasteiger partial charge in [-0.25, -0.2) is 5.11 Å². The Morgan fingerprint density at radius 3 is 2.15 bits per heavy atom. The van der Waals surface area contributed by atoms with Gasteiger partial charge in [0.25, 0.3) is 0 Å². The molecule has 0 saturated heterocycles. The lowest BCUT2D eigenvalue weighted by Gasteiger charge is -1.99. The van der Waals surface area contributed by atoms with Gasteiger partial charge in [0.1, 0.15) is 5.78 Å². The molecule has 77 valence electrons. The molecule has 0 aliphatic carbocycles. The predicted octanol–water partition coefficient (Wildman–Crippen LogP) is 3.13. The van der Waals surface area contributed by atoms with E-state index in [1.54, 1.807) is 0 Å². The number of unbranched alkanes of at least 4 members (excludes halogenated alkanes) is 4. The largest absolute Gasteiger partial charge is 0.300 e. The van der Waals surface area contributed by atoms with Gasteiger partial charge in [-0.1, -0.05) is 26.2 Å². The summed E-state index contributed by atoms with van der Waals surface area (Å²) >= 11 is 0. The highest BCUT2D eigenvalue weighted by Gasteiger charge is 2.00. The molecule has 0 unspecified atom stereocenters. The number of carbonyl (C=O) groups excluding carboxylic acids is 1. The maximum atomic E-state index is 11.2. The Labute approximate surface area is 81.3 Å². The monoisotopic (exact) mass is 185 g/mol. The van der Waals surface area contributed by atoms with Crippen molar-refractivity contribution in [2.75, 3.05) is 6.61 Å². The van der Waals surface area contributed by atoms with Crippen LogP contribution in [0.2, 0.25) is 0 Å². The molecule has 0 aliphatic rings. The van der Waals surface area contributed by atoms with Gasteiger partial charge in [0, 0.05) is 12.8 Å². The fourth-order valence-electron chi connectivity index (χ4n) is 1.28. The first kappa shape index (κ1) is 12.6. The summed E-state index contributed by atoms with van der Waals surface area (Å²) < 4.78 is 0. The van der Waals surface area contributed by atoms with Gasteiger partial charge < -0.3 is 0 Å². The second-order valence-corrected chi connectivity index (χ2v) is 3.51. The molecule has 0 aliphatic heterocycles. The van der Waals surface area contributed by atoms with Crippen molar-refractivity contribution in [2.24, 2.45) is 0 Å². The smallest absolute Gasteiger partial charge is 0.132 e. The van der Waals surface area contributed by atoms with Crippen molar-refractivity contribution in [3.63, 3.8) is 0 Å². The highest BCUT2D eigenvalue weighted by Crippen LogP contribution is 2.06. The van der Waals surface area contributed by atoms with Crippen molar-refractivity contribution in [2.45, 2.75) is 58.3 Å².